The van der Waals surface area contributed by atoms with Gasteiger partial charge in [0.15, 0.2) is 5.78 Å². The lowest BCUT2D eigenvalue weighted by atomic mass is 9.55. The van der Waals surface area contributed by atoms with E-state index in [1.165, 1.54) is 30.4 Å². The van der Waals surface area contributed by atoms with Gasteiger partial charge in [-0.15, -0.1) is 0 Å². The number of carbonyl (C=O) groups is 1. The van der Waals surface area contributed by atoms with Crippen molar-refractivity contribution in [2.24, 2.45) is 5.92 Å². The van der Waals surface area contributed by atoms with Crippen molar-refractivity contribution in [1.29, 1.82) is 0 Å². The van der Waals surface area contributed by atoms with Crippen molar-refractivity contribution in [2.45, 2.75) is 115 Å². The minimum absolute atomic E-state index is 0.403. The second kappa shape index (κ2) is 8.54. The number of benzene rings is 1. The molecule has 0 heterocycles. The number of aryl methyl sites for hydroxylation is 1. The van der Waals surface area contributed by atoms with Crippen LogP contribution in [0.15, 0.2) is 35.6 Å². The summed E-state index contributed by atoms with van der Waals surface area (Å²) in [5.41, 5.74) is 4.74. The predicted octanol–water partition coefficient (Wildman–Crippen LogP) is 7.87. The van der Waals surface area contributed by atoms with Gasteiger partial charge in [0.2, 0.25) is 0 Å². The molecule has 3 aliphatic rings. The van der Waals surface area contributed by atoms with Crippen LogP contribution in [0.1, 0.15) is 97.6 Å². The van der Waals surface area contributed by atoms with Gasteiger partial charge in [-0.1, -0.05) is 85.1 Å². The Morgan fingerprint density at radius 2 is 1.52 bits per heavy atom. The molecule has 0 amide bonds. The molecule has 0 aliphatic heterocycles. The Kier molecular flexibility index (Phi) is 6.29. The third-order valence-corrected chi connectivity index (χ3v) is 14.7. The Morgan fingerprint density at radius 1 is 0.903 bits per heavy atom. The van der Waals surface area contributed by atoms with E-state index in [0.717, 1.165) is 43.4 Å². The second-order valence-electron chi connectivity index (χ2n) is 11.2. The molecule has 3 aliphatic carbocycles. The molecule has 1 spiro atoms. The van der Waals surface area contributed by atoms with E-state index < -0.39 is 13.7 Å². The van der Waals surface area contributed by atoms with Crippen molar-refractivity contribution >= 4 is 14.1 Å². The third kappa shape index (κ3) is 3.37. The van der Waals surface area contributed by atoms with Crippen molar-refractivity contribution < 1.29 is 9.22 Å². The smallest absolute Gasteiger partial charge is 0.258 e. The monoisotopic (exact) mass is 438 g/mol. The number of hydrogen-bond donors (Lipinski definition) is 0. The highest BCUT2D eigenvalue weighted by atomic mass is 28.4. The molecular weight excluding hydrogens is 396 g/mol. The van der Waals surface area contributed by atoms with Crippen LogP contribution in [0.4, 0.5) is 0 Å². The first-order valence-electron chi connectivity index (χ1n) is 12.8. The van der Waals surface area contributed by atoms with Crippen LogP contribution in [0.2, 0.25) is 16.6 Å². The maximum atomic E-state index is 14.1. The SMILES string of the molecule is CC(C)[Si](OC1=C(C2CCCCC2)C(=O)C12CCCc1ccccc12)(C(C)C)C(C)C. The summed E-state index contributed by atoms with van der Waals surface area (Å²) in [6.45, 7) is 14.1. The molecule has 0 aromatic heterocycles. The van der Waals surface area contributed by atoms with Crippen molar-refractivity contribution in [1.82, 2.24) is 0 Å². The Morgan fingerprint density at radius 3 is 2.13 bits per heavy atom. The number of fused-ring (bicyclic) bond motifs is 2. The van der Waals surface area contributed by atoms with E-state index in [1.54, 1.807) is 0 Å². The minimum Gasteiger partial charge on any atom is -0.544 e. The van der Waals surface area contributed by atoms with Crippen LogP contribution in [0.25, 0.3) is 0 Å². The number of ketones is 1. The summed E-state index contributed by atoms with van der Waals surface area (Å²) in [6, 6.07) is 8.70. The molecule has 1 saturated carbocycles. The van der Waals surface area contributed by atoms with Gasteiger partial charge in [0.1, 0.15) is 11.2 Å². The first-order valence-corrected chi connectivity index (χ1v) is 15.0. The van der Waals surface area contributed by atoms with Gasteiger partial charge in [0.25, 0.3) is 8.32 Å². The first kappa shape index (κ1) is 22.8. The Bertz CT molecular complexity index is 838. The van der Waals surface area contributed by atoms with Gasteiger partial charge < -0.3 is 4.43 Å². The lowest BCUT2D eigenvalue weighted by molar-refractivity contribution is -0.125. The topological polar surface area (TPSA) is 26.3 Å². The summed E-state index contributed by atoms with van der Waals surface area (Å²) in [4.78, 5) is 14.1. The highest BCUT2D eigenvalue weighted by molar-refractivity contribution is 6.78. The summed E-state index contributed by atoms with van der Waals surface area (Å²) in [5, 5.41) is 0. The molecule has 1 aromatic carbocycles. The van der Waals surface area contributed by atoms with E-state index in [9.17, 15) is 4.79 Å². The van der Waals surface area contributed by atoms with E-state index in [2.05, 4.69) is 65.8 Å². The fraction of sp³-hybridized carbons (Fsp3) is 0.679. The number of allylic oxidation sites excluding steroid dienone is 2. The van der Waals surface area contributed by atoms with Crippen LogP contribution in [0.5, 0.6) is 0 Å². The molecule has 170 valence electrons. The third-order valence-electron chi connectivity index (χ3n) is 8.74. The zero-order valence-electron chi connectivity index (χ0n) is 20.6. The molecular formula is C28H42O2Si. The molecule has 3 heteroatoms. The van der Waals surface area contributed by atoms with Crippen molar-refractivity contribution in [3.63, 3.8) is 0 Å². The van der Waals surface area contributed by atoms with Gasteiger partial charge in [-0.25, -0.2) is 0 Å². The Balaban J connectivity index is 1.89. The quantitative estimate of drug-likeness (QED) is 0.422. The summed E-state index contributed by atoms with van der Waals surface area (Å²) < 4.78 is 7.44. The summed E-state index contributed by atoms with van der Waals surface area (Å²) >= 11 is 0. The number of carbonyl (C=O) groups excluding carboxylic acids is 1. The highest BCUT2D eigenvalue weighted by Gasteiger charge is 2.61. The number of hydrogen-bond acceptors (Lipinski definition) is 2. The van der Waals surface area contributed by atoms with Crippen LogP contribution in [-0.2, 0) is 21.1 Å². The highest BCUT2D eigenvalue weighted by Crippen LogP contribution is 2.58. The largest absolute Gasteiger partial charge is 0.544 e. The molecule has 0 N–H and O–H groups in total. The molecule has 0 saturated heterocycles. The van der Waals surface area contributed by atoms with Crippen LogP contribution >= 0.6 is 0 Å². The van der Waals surface area contributed by atoms with Crippen LogP contribution < -0.4 is 0 Å². The summed E-state index contributed by atoms with van der Waals surface area (Å²) in [5.74, 6) is 1.94. The molecule has 1 unspecified atom stereocenters. The lowest BCUT2D eigenvalue weighted by Gasteiger charge is -2.54. The van der Waals surface area contributed by atoms with E-state index in [0.29, 0.717) is 28.3 Å². The van der Waals surface area contributed by atoms with E-state index >= 15 is 0 Å². The van der Waals surface area contributed by atoms with Gasteiger partial charge in [-0.05, 0) is 65.8 Å². The van der Waals surface area contributed by atoms with Gasteiger partial charge in [0, 0.05) is 5.57 Å². The molecule has 31 heavy (non-hydrogen) atoms. The van der Waals surface area contributed by atoms with Crippen LogP contribution in [0, 0.1) is 5.92 Å². The standard InChI is InChI=1S/C28H42O2Si/c1-19(2)31(20(3)4,21(5)6)30-27-25(23-14-8-7-9-15-23)26(29)28(27)18-12-16-22-13-10-11-17-24(22)28/h10-11,13,17,19-21,23H,7-9,12,14-16,18H2,1-6H3. The average molecular weight is 439 g/mol. The van der Waals surface area contributed by atoms with E-state index in [-0.39, 0.29) is 0 Å². The zero-order valence-corrected chi connectivity index (χ0v) is 21.6. The number of rotatable bonds is 6. The lowest BCUT2D eigenvalue weighted by Crippen LogP contribution is -2.58. The second-order valence-corrected chi connectivity index (χ2v) is 16.6. The van der Waals surface area contributed by atoms with Gasteiger partial charge in [-0.2, -0.15) is 0 Å². The van der Waals surface area contributed by atoms with Crippen molar-refractivity contribution in [2.75, 3.05) is 0 Å². The molecule has 4 rings (SSSR count). The molecule has 1 fully saturated rings. The Labute approximate surface area is 191 Å². The fourth-order valence-corrected chi connectivity index (χ4v) is 12.7. The fourth-order valence-electron chi connectivity index (χ4n) is 7.34. The normalized spacial score (nSPS) is 24.9. The van der Waals surface area contributed by atoms with E-state index in [1.807, 2.05) is 0 Å². The van der Waals surface area contributed by atoms with E-state index in [4.69, 9.17) is 4.43 Å². The molecule has 0 bridgehead atoms. The Hall–Kier alpha value is -1.35. The number of Topliss-reactive ketones (excluding diaryl/α,β-unsaturated/α-hetero) is 1. The van der Waals surface area contributed by atoms with Gasteiger partial charge in [-0.3, -0.25) is 4.79 Å². The van der Waals surface area contributed by atoms with Crippen LogP contribution in [-0.4, -0.2) is 14.1 Å². The van der Waals surface area contributed by atoms with Crippen molar-refractivity contribution in [3.05, 3.63) is 46.7 Å². The predicted molar refractivity (Wildman–Crippen MR) is 132 cm³/mol. The summed E-state index contributed by atoms with van der Waals surface area (Å²) in [7, 11) is -2.14. The molecule has 1 atom stereocenters. The molecule has 1 aromatic rings. The zero-order chi connectivity index (χ0) is 22.4. The maximum Gasteiger partial charge on any atom is 0.258 e. The van der Waals surface area contributed by atoms with Crippen molar-refractivity contribution in [3.8, 4) is 0 Å². The summed E-state index contributed by atoms with van der Waals surface area (Å²) in [6.07, 6.45) is 9.21. The van der Waals surface area contributed by atoms with Gasteiger partial charge in [0.05, 0.1) is 0 Å². The molecule has 0 radical (unpaired) electrons. The van der Waals surface area contributed by atoms with Crippen LogP contribution in [0.3, 0.4) is 0 Å². The average Bonchev–Trinajstić information content (AvgIpc) is 2.75. The van der Waals surface area contributed by atoms with Gasteiger partial charge >= 0.3 is 0 Å². The maximum absolute atomic E-state index is 14.1. The minimum atomic E-state index is -2.14. The first-order chi connectivity index (χ1) is 14.8. The molecule has 2 nitrogen and oxygen atoms in total.